The van der Waals surface area contributed by atoms with Gasteiger partial charge in [0.15, 0.2) is 18.2 Å². The van der Waals surface area contributed by atoms with Crippen molar-refractivity contribution < 1.29 is 19.0 Å². The summed E-state index contributed by atoms with van der Waals surface area (Å²) in [7, 11) is 0. The van der Waals surface area contributed by atoms with E-state index in [1.54, 1.807) is 0 Å². The lowest BCUT2D eigenvalue weighted by Crippen LogP contribution is -2.51. The molecule has 7 heteroatoms. The number of piperazine rings is 1. The van der Waals surface area contributed by atoms with Crippen LogP contribution in [0.25, 0.3) is 0 Å². The summed E-state index contributed by atoms with van der Waals surface area (Å²) in [4.78, 5) is 16.8. The lowest BCUT2D eigenvalue weighted by Gasteiger charge is -2.34. The van der Waals surface area contributed by atoms with Gasteiger partial charge >= 0.3 is 6.03 Å². The molecule has 2 aromatic carbocycles. The number of amides is 2. The Balaban J connectivity index is 1.23. The SMILES string of the molecule is Cc1ccc(OCNC(=O)N2CCN(Cc3ccc4c(c3)OCO4)CC2)c(C(C)(C)C)c1. The molecular weight excluding hydrogens is 406 g/mol. The lowest BCUT2D eigenvalue weighted by atomic mass is 9.85. The first kappa shape index (κ1) is 22.3. The average Bonchev–Trinajstić information content (AvgIpc) is 3.22. The summed E-state index contributed by atoms with van der Waals surface area (Å²) in [6.07, 6.45) is 0. The van der Waals surface area contributed by atoms with E-state index in [-0.39, 0.29) is 25.0 Å². The fourth-order valence-electron chi connectivity index (χ4n) is 4.05. The van der Waals surface area contributed by atoms with Crippen LogP contribution in [0.1, 0.15) is 37.5 Å². The summed E-state index contributed by atoms with van der Waals surface area (Å²) in [5.41, 5.74) is 3.50. The van der Waals surface area contributed by atoms with E-state index < -0.39 is 0 Å². The van der Waals surface area contributed by atoms with E-state index in [2.05, 4.69) is 50.0 Å². The third-order valence-corrected chi connectivity index (χ3v) is 5.90. The minimum absolute atomic E-state index is 0.0281. The highest BCUT2D eigenvalue weighted by Gasteiger charge is 2.23. The van der Waals surface area contributed by atoms with Gasteiger partial charge in [0, 0.05) is 32.7 Å². The molecule has 0 saturated carbocycles. The molecule has 172 valence electrons. The molecule has 4 rings (SSSR count). The maximum absolute atomic E-state index is 12.6. The lowest BCUT2D eigenvalue weighted by molar-refractivity contribution is 0.130. The number of urea groups is 1. The molecule has 1 N–H and O–H groups in total. The first-order valence-corrected chi connectivity index (χ1v) is 11.2. The molecular formula is C25H33N3O4. The first-order chi connectivity index (χ1) is 15.3. The predicted octanol–water partition coefficient (Wildman–Crippen LogP) is 3.88. The summed E-state index contributed by atoms with van der Waals surface area (Å²) in [6.45, 7) is 12.9. The Morgan fingerprint density at radius 2 is 1.78 bits per heavy atom. The number of nitrogens with one attached hydrogen (secondary N) is 1. The summed E-state index contributed by atoms with van der Waals surface area (Å²) in [5, 5.41) is 2.90. The van der Waals surface area contributed by atoms with Gasteiger partial charge in [-0.1, -0.05) is 44.5 Å². The average molecular weight is 440 g/mol. The molecule has 1 saturated heterocycles. The monoisotopic (exact) mass is 439 g/mol. The zero-order chi connectivity index (χ0) is 22.7. The number of fused-ring (bicyclic) bond motifs is 1. The van der Waals surface area contributed by atoms with Gasteiger partial charge in [-0.3, -0.25) is 4.90 Å². The van der Waals surface area contributed by atoms with E-state index in [0.717, 1.165) is 42.4 Å². The molecule has 0 spiro atoms. The number of benzene rings is 2. The molecule has 32 heavy (non-hydrogen) atoms. The zero-order valence-electron chi connectivity index (χ0n) is 19.4. The minimum atomic E-state index is -0.0860. The number of ether oxygens (including phenoxy) is 3. The molecule has 0 unspecified atom stereocenters. The van der Waals surface area contributed by atoms with E-state index in [1.807, 2.05) is 29.2 Å². The molecule has 2 amide bonds. The normalized spacial score (nSPS) is 16.2. The van der Waals surface area contributed by atoms with Gasteiger partial charge in [-0.15, -0.1) is 0 Å². The second-order valence-electron chi connectivity index (χ2n) is 9.47. The van der Waals surface area contributed by atoms with Crippen LogP contribution < -0.4 is 19.5 Å². The van der Waals surface area contributed by atoms with Crippen molar-refractivity contribution in [2.75, 3.05) is 39.7 Å². The van der Waals surface area contributed by atoms with Crippen LogP contribution in [0.15, 0.2) is 36.4 Å². The number of rotatable bonds is 5. The van der Waals surface area contributed by atoms with Crippen LogP contribution in [0.2, 0.25) is 0 Å². The number of carbonyl (C=O) groups is 1. The summed E-state index contributed by atoms with van der Waals surface area (Å²) in [6, 6.07) is 12.1. The molecule has 0 atom stereocenters. The van der Waals surface area contributed by atoms with E-state index in [1.165, 1.54) is 11.1 Å². The van der Waals surface area contributed by atoms with Crippen LogP contribution in [0, 0.1) is 6.92 Å². The maximum atomic E-state index is 12.6. The number of carbonyl (C=O) groups excluding carboxylic acids is 1. The van der Waals surface area contributed by atoms with Gasteiger partial charge in [0.05, 0.1) is 0 Å². The Bertz CT molecular complexity index is 962. The smallest absolute Gasteiger partial charge is 0.320 e. The molecule has 0 aliphatic carbocycles. The van der Waals surface area contributed by atoms with Crippen LogP contribution in [0.4, 0.5) is 4.79 Å². The van der Waals surface area contributed by atoms with Crippen LogP contribution in [0.5, 0.6) is 17.2 Å². The van der Waals surface area contributed by atoms with Crippen LogP contribution in [0.3, 0.4) is 0 Å². The van der Waals surface area contributed by atoms with Gasteiger partial charge in [0.25, 0.3) is 0 Å². The largest absolute Gasteiger partial charge is 0.473 e. The Labute approximate surface area is 190 Å². The summed E-state index contributed by atoms with van der Waals surface area (Å²) >= 11 is 0. The van der Waals surface area contributed by atoms with Crippen LogP contribution in [-0.2, 0) is 12.0 Å². The summed E-state index contributed by atoms with van der Waals surface area (Å²) < 4.78 is 16.8. The topological polar surface area (TPSA) is 63.3 Å². The molecule has 2 aliphatic heterocycles. The molecule has 0 aromatic heterocycles. The third kappa shape index (κ3) is 5.27. The van der Waals surface area contributed by atoms with Crippen molar-refractivity contribution >= 4 is 6.03 Å². The standard InChI is InChI=1S/C25H33N3O4/c1-18-5-7-21(20(13-18)25(2,3)4)30-16-26-24(29)28-11-9-27(10-12-28)15-19-6-8-22-23(14-19)32-17-31-22/h5-8,13-14H,9-12,15-17H2,1-4H3,(H,26,29). The molecule has 7 nitrogen and oxygen atoms in total. The molecule has 0 bridgehead atoms. The number of hydrogen-bond donors (Lipinski definition) is 1. The van der Waals surface area contributed by atoms with Crippen molar-refractivity contribution in [3.63, 3.8) is 0 Å². The van der Waals surface area contributed by atoms with Crippen molar-refractivity contribution in [3.05, 3.63) is 53.1 Å². The second-order valence-corrected chi connectivity index (χ2v) is 9.47. The highest BCUT2D eigenvalue weighted by molar-refractivity contribution is 5.74. The molecule has 0 radical (unpaired) electrons. The molecule has 2 aliphatic rings. The van der Waals surface area contributed by atoms with E-state index >= 15 is 0 Å². The van der Waals surface area contributed by atoms with Crippen molar-refractivity contribution in [2.24, 2.45) is 0 Å². The Hall–Kier alpha value is -2.93. The second kappa shape index (κ2) is 9.28. The van der Waals surface area contributed by atoms with Crippen molar-refractivity contribution in [1.82, 2.24) is 15.1 Å². The minimum Gasteiger partial charge on any atom is -0.473 e. The molecule has 2 aromatic rings. The quantitative estimate of drug-likeness (QED) is 0.717. The van der Waals surface area contributed by atoms with Crippen LogP contribution >= 0.6 is 0 Å². The third-order valence-electron chi connectivity index (χ3n) is 5.90. The van der Waals surface area contributed by atoms with E-state index in [9.17, 15) is 4.79 Å². The van der Waals surface area contributed by atoms with Crippen LogP contribution in [-0.4, -0.2) is 55.5 Å². The van der Waals surface area contributed by atoms with Crippen molar-refractivity contribution in [1.29, 1.82) is 0 Å². The number of aryl methyl sites for hydroxylation is 1. The van der Waals surface area contributed by atoms with Gasteiger partial charge in [0.1, 0.15) is 5.75 Å². The van der Waals surface area contributed by atoms with Gasteiger partial charge in [-0.2, -0.15) is 0 Å². The number of hydrogen-bond acceptors (Lipinski definition) is 5. The molecule has 2 heterocycles. The van der Waals surface area contributed by atoms with E-state index in [0.29, 0.717) is 13.1 Å². The predicted molar refractivity (Wildman–Crippen MR) is 123 cm³/mol. The highest BCUT2D eigenvalue weighted by atomic mass is 16.7. The first-order valence-electron chi connectivity index (χ1n) is 11.2. The van der Waals surface area contributed by atoms with E-state index in [4.69, 9.17) is 14.2 Å². The van der Waals surface area contributed by atoms with Gasteiger partial charge < -0.3 is 24.4 Å². The van der Waals surface area contributed by atoms with Gasteiger partial charge in [-0.05, 0) is 41.7 Å². The molecule has 1 fully saturated rings. The highest BCUT2D eigenvalue weighted by Crippen LogP contribution is 2.33. The Kier molecular flexibility index (Phi) is 6.46. The summed E-state index contributed by atoms with van der Waals surface area (Å²) in [5.74, 6) is 2.43. The van der Waals surface area contributed by atoms with Crippen molar-refractivity contribution in [3.8, 4) is 17.2 Å². The van der Waals surface area contributed by atoms with Gasteiger partial charge in [-0.25, -0.2) is 4.79 Å². The fourth-order valence-corrected chi connectivity index (χ4v) is 4.05. The van der Waals surface area contributed by atoms with Crippen molar-refractivity contribution in [2.45, 2.75) is 39.7 Å². The number of nitrogens with zero attached hydrogens (tertiary/aromatic N) is 2. The maximum Gasteiger partial charge on any atom is 0.320 e. The van der Waals surface area contributed by atoms with Gasteiger partial charge in [0.2, 0.25) is 6.79 Å². The fraction of sp³-hybridized carbons (Fsp3) is 0.480. The zero-order valence-corrected chi connectivity index (χ0v) is 19.4. The Morgan fingerprint density at radius 3 is 2.53 bits per heavy atom. The Morgan fingerprint density at radius 1 is 1.03 bits per heavy atom.